The standard InChI is InChI=1S/C12H16N8O/c13-12-16-9-20(17-12)8-11(21)19-5-3-18(4-6-19)10-7-14-1-2-15-10/h1-2,7,9H,3-6,8H2,(H2,13,17). The number of hydrogen-bond acceptors (Lipinski definition) is 7. The number of nitrogens with two attached hydrogens (primary N) is 1. The molecular weight excluding hydrogens is 272 g/mol. The Morgan fingerprint density at radius 1 is 1.19 bits per heavy atom. The van der Waals surface area contributed by atoms with Crippen LogP contribution in [0.4, 0.5) is 11.8 Å². The van der Waals surface area contributed by atoms with Gasteiger partial charge in [0.15, 0.2) is 0 Å². The Morgan fingerprint density at radius 3 is 2.62 bits per heavy atom. The summed E-state index contributed by atoms with van der Waals surface area (Å²) in [6.45, 7) is 2.95. The van der Waals surface area contributed by atoms with Gasteiger partial charge in [-0.2, -0.15) is 0 Å². The van der Waals surface area contributed by atoms with Crippen molar-refractivity contribution >= 4 is 17.7 Å². The molecule has 1 aliphatic heterocycles. The zero-order valence-corrected chi connectivity index (χ0v) is 11.5. The molecule has 21 heavy (non-hydrogen) atoms. The number of amides is 1. The highest BCUT2D eigenvalue weighted by atomic mass is 16.2. The highest BCUT2D eigenvalue weighted by Gasteiger charge is 2.22. The van der Waals surface area contributed by atoms with Gasteiger partial charge in [-0.1, -0.05) is 0 Å². The topological polar surface area (TPSA) is 106 Å². The number of aromatic nitrogens is 5. The van der Waals surface area contributed by atoms with E-state index in [2.05, 4.69) is 25.0 Å². The van der Waals surface area contributed by atoms with Gasteiger partial charge >= 0.3 is 0 Å². The maximum atomic E-state index is 12.2. The monoisotopic (exact) mass is 288 g/mol. The van der Waals surface area contributed by atoms with E-state index in [1.54, 1.807) is 18.6 Å². The van der Waals surface area contributed by atoms with Crippen molar-refractivity contribution in [1.29, 1.82) is 0 Å². The SMILES string of the molecule is Nc1ncn(CC(=O)N2CCN(c3cnccn3)CC2)n1. The molecule has 9 heteroatoms. The van der Waals surface area contributed by atoms with Gasteiger partial charge in [0.2, 0.25) is 11.9 Å². The first-order valence-electron chi connectivity index (χ1n) is 6.66. The van der Waals surface area contributed by atoms with Gasteiger partial charge in [-0.3, -0.25) is 9.78 Å². The van der Waals surface area contributed by atoms with E-state index in [1.165, 1.54) is 11.0 Å². The molecule has 2 N–H and O–H groups in total. The average molecular weight is 288 g/mol. The van der Waals surface area contributed by atoms with Crippen molar-refractivity contribution in [2.24, 2.45) is 0 Å². The van der Waals surface area contributed by atoms with E-state index >= 15 is 0 Å². The van der Waals surface area contributed by atoms with Gasteiger partial charge < -0.3 is 15.5 Å². The molecule has 2 aromatic heterocycles. The third-order valence-corrected chi connectivity index (χ3v) is 3.36. The molecule has 2 aromatic rings. The van der Waals surface area contributed by atoms with Crippen molar-refractivity contribution in [2.75, 3.05) is 36.8 Å². The summed E-state index contributed by atoms with van der Waals surface area (Å²) >= 11 is 0. The summed E-state index contributed by atoms with van der Waals surface area (Å²) in [5, 5.41) is 3.92. The van der Waals surface area contributed by atoms with Crippen molar-refractivity contribution in [3.05, 3.63) is 24.9 Å². The van der Waals surface area contributed by atoms with Gasteiger partial charge in [-0.15, -0.1) is 5.10 Å². The summed E-state index contributed by atoms with van der Waals surface area (Å²) in [5.41, 5.74) is 5.43. The number of carbonyl (C=O) groups excluding carboxylic acids is 1. The van der Waals surface area contributed by atoms with Crippen molar-refractivity contribution in [3.63, 3.8) is 0 Å². The van der Waals surface area contributed by atoms with E-state index in [4.69, 9.17) is 5.73 Å². The fraction of sp³-hybridized carbons (Fsp3) is 0.417. The number of carbonyl (C=O) groups is 1. The van der Waals surface area contributed by atoms with Gasteiger partial charge in [0, 0.05) is 38.6 Å². The van der Waals surface area contributed by atoms with Gasteiger partial charge in [0.25, 0.3) is 0 Å². The van der Waals surface area contributed by atoms with Gasteiger partial charge in [-0.05, 0) is 0 Å². The number of nitrogen functional groups attached to an aromatic ring is 1. The van der Waals surface area contributed by atoms with E-state index in [-0.39, 0.29) is 18.4 Å². The molecule has 0 unspecified atom stereocenters. The Hall–Kier alpha value is -2.71. The van der Waals surface area contributed by atoms with E-state index in [0.29, 0.717) is 13.1 Å². The van der Waals surface area contributed by atoms with Crippen LogP contribution in [-0.2, 0) is 11.3 Å². The third kappa shape index (κ3) is 3.07. The molecule has 3 heterocycles. The predicted molar refractivity (Wildman–Crippen MR) is 75.3 cm³/mol. The van der Waals surface area contributed by atoms with E-state index in [1.807, 2.05) is 4.90 Å². The average Bonchev–Trinajstić information content (AvgIpc) is 2.93. The van der Waals surface area contributed by atoms with Crippen LogP contribution in [0.2, 0.25) is 0 Å². The Kier molecular flexibility index (Phi) is 3.63. The van der Waals surface area contributed by atoms with Crippen molar-refractivity contribution < 1.29 is 4.79 Å². The number of anilines is 2. The normalized spacial score (nSPS) is 15.2. The molecule has 0 spiro atoms. The molecule has 1 saturated heterocycles. The number of rotatable bonds is 3. The number of nitrogens with zero attached hydrogens (tertiary/aromatic N) is 7. The Balaban J connectivity index is 1.54. The molecule has 1 fully saturated rings. The summed E-state index contributed by atoms with van der Waals surface area (Å²) < 4.78 is 1.45. The van der Waals surface area contributed by atoms with Crippen LogP contribution in [0.5, 0.6) is 0 Å². The molecule has 9 nitrogen and oxygen atoms in total. The lowest BCUT2D eigenvalue weighted by Gasteiger charge is -2.35. The maximum absolute atomic E-state index is 12.2. The Bertz CT molecular complexity index is 605. The van der Waals surface area contributed by atoms with Crippen LogP contribution in [0.25, 0.3) is 0 Å². The van der Waals surface area contributed by atoms with Crippen LogP contribution >= 0.6 is 0 Å². The highest BCUT2D eigenvalue weighted by Crippen LogP contribution is 2.11. The summed E-state index contributed by atoms with van der Waals surface area (Å²) in [5.74, 6) is 1.03. The molecule has 0 aliphatic carbocycles. The van der Waals surface area contributed by atoms with E-state index < -0.39 is 0 Å². The zero-order chi connectivity index (χ0) is 14.7. The van der Waals surface area contributed by atoms with Crippen LogP contribution in [0.1, 0.15) is 0 Å². The quantitative estimate of drug-likeness (QED) is 0.772. The second-order valence-electron chi connectivity index (χ2n) is 4.73. The van der Waals surface area contributed by atoms with Crippen molar-refractivity contribution in [1.82, 2.24) is 29.6 Å². The van der Waals surface area contributed by atoms with E-state index in [9.17, 15) is 4.79 Å². The minimum absolute atomic E-state index is 0.0127. The first-order valence-corrected chi connectivity index (χ1v) is 6.66. The molecule has 0 bridgehead atoms. The molecular formula is C12H16N8O. The minimum Gasteiger partial charge on any atom is -0.367 e. The second kappa shape index (κ2) is 5.73. The summed E-state index contributed by atoms with van der Waals surface area (Å²) in [7, 11) is 0. The summed E-state index contributed by atoms with van der Waals surface area (Å²) in [4.78, 5) is 28.2. The first kappa shape index (κ1) is 13.3. The largest absolute Gasteiger partial charge is 0.367 e. The fourth-order valence-electron chi connectivity index (χ4n) is 2.26. The molecule has 0 radical (unpaired) electrons. The number of piperazine rings is 1. The fourth-order valence-corrected chi connectivity index (χ4v) is 2.26. The molecule has 110 valence electrons. The zero-order valence-electron chi connectivity index (χ0n) is 11.5. The molecule has 3 rings (SSSR count). The lowest BCUT2D eigenvalue weighted by atomic mass is 10.3. The minimum atomic E-state index is 0.0127. The Labute approximate surface area is 121 Å². The first-order chi connectivity index (χ1) is 10.2. The van der Waals surface area contributed by atoms with Crippen LogP contribution < -0.4 is 10.6 Å². The van der Waals surface area contributed by atoms with Gasteiger partial charge in [0.05, 0.1) is 6.20 Å². The third-order valence-electron chi connectivity index (χ3n) is 3.36. The highest BCUT2D eigenvalue weighted by molar-refractivity contribution is 5.76. The molecule has 1 amide bonds. The van der Waals surface area contributed by atoms with E-state index in [0.717, 1.165) is 18.9 Å². The van der Waals surface area contributed by atoms with Crippen LogP contribution in [-0.4, -0.2) is 61.7 Å². The molecule has 0 saturated carbocycles. The van der Waals surface area contributed by atoms with Crippen LogP contribution in [0.3, 0.4) is 0 Å². The second-order valence-corrected chi connectivity index (χ2v) is 4.73. The Morgan fingerprint density at radius 2 is 2.00 bits per heavy atom. The summed E-state index contributed by atoms with van der Waals surface area (Å²) in [6, 6.07) is 0. The van der Waals surface area contributed by atoms with Crippen molar-refractivity contribution in [3.8, 4) is 0 Å². The summed E-state index contributed by atoms with van der Waals surface area (Å²) in [6.07, 6.45) is 6.51. The lowest BCUT2D eigenvalue weighted by molar-refractivity contribution is -0.132. The lowest BCUT2D eigenvalue weighted by Crippen LogP contribution is -2.49. The van der Waals surface area contributed by atoms with Crippen LogP contribution in [0, 0.1) is 0 Å². The molecule has 0 atom stereocenters. The van der Waals surface area contributed by atoms with Gasteiger partial charge in [0.1, 0.15) is 18.7 Å². The number of hydrogen-bond donors (Lipinski definition) is 1. The molecule has 1 aliphatic rings. The van der Waals surface area contributed by atoms with Gasteiger partial charge in [-0.25, -0.2) is 14.6 Å². The predicted octanol–water partition coefficient (Wildman–Crippen LogP) is -1.00. The van der Waals surface area contributed by atoms with Crippen LogP contribution in [0.15, 0.2) is 24.9 Å². The maximum Gasteiger partial charge on any atom is 0.244 e. The van der Waals surface area contributed by atoms with Crippen molar-refractivity contribution in [2.45, 2.75) is 6.54 Å². The smallest absolute Gasteiger partial charge is 0.244 e. The molecule has 0 aromatic carbocycles.